The summed E-state index contributed by atoms with van der Waals surface area (Å²) in [4.78, 5) is 12.8. The van der Waals surface area contributed by atoms with Crippen molar-refractivity contribution in [3.8, 4) is 0 Å². The minimum atomic E-state index is 0.595. The lowest BCUT2D eigenvalue weighted by molar-refractivity contribution is 0.112. The molecule has 0 aliphatic heterocycles. The van der Waals surface area contributed by atoms with Crippen molar-refractivity contribution in [3.05, 3.63) is 71.2 Å². The van der Waals surface area contributed by atoms with Crippen LogP contribution >= 0.6 is 23.4 Å². The number of benzene rings is 3. The van der Waals surface area contributed by atoms with Gasteiger partial charge < -0.3 is 0 Å². The number of carbonyl (C=O) groups excluding carboxylic acids is 1. The van der Waals surface area contributed by atoms with E-state index in [9.17, 15) is 4.79 Å². The molecule has 0 N–H and O–H groups in total. The zero-order valence-electron chi connectivity index (χ0n) is 10.5. The van der Waals surface area contributed by atoms with Crippen molar-refractivity contribution in [1.82, 2.24) is 0 Å². The molecule has 0 spiro atoms. The molecular weight excluding hydrogens is 288 g/mol. The van der Waals surface area contributed by atoms with Crippen LogP contribution in [0.5, 0.6) is 0 Å². The maximum Gasteiger partial charge on any atom is 0.150 e. The fraction of sp³-hybridized carbons (Fsp3) is 0. The molecule has 0 saturated carbocycles. The molecule has 20 heavy (non-hydrogen) atoms. The lowest BCUT2D eigenvalue weighted by Gasteiger charge is -2.06. The predicted octanol–water partition coefficient (Wildman–Crippen LogP) is 5.46. The van der Waals surface area contributed by atoms with Crippen LogP contribution in [-0.2, 0) is 0 Å². The van der Waals surface area contributed by atoms with Gasteiger partial charge in [-0.05, 0) is 35.0 Å². The fourth-order valence-corrected chi connectivity index (χ4v) is 3.20. The SMILES string of the molecule is O=Cc1ccc(Sc2ccc3ccccc3c2)c(Cl)c1. The number of hydrogen-bond acceptors (Lipinski definition) is 2. The second-order valence-corrected chi connectivity index (χ2v) is 5.94. The molecular formula is C17H11ClOS. The van der Waals surface area contributed by atoms with E-state index in [1.165, 1.54) is 10.8 Å². The smallest absolute Gasteiger partial charge is 0.150 e. The molecule has 0 heterocycles. The highest BCUT2D eigenvalue weighted by Gasteiger charge is 2.05. The van der Waals surface area contributed by atoms with Crippen molar-refractivity contribution >= 4 is 40.4 Å². The Balaban J connectivity index is 1.94. The molecule has 1 nitrogen and oxygen atoms in total. The van der Waals surface area contributed by atoms with Gasteiger partial charge in [-0.1, -0.05) is 59.8 Å². The molecule has 0 unspecified atom stereocenters. The Bertz CT molecular complexity index is 783. The van der Waals surface area contributed by atoms with Crippen LogP contribution in [0, 0.1) is 0 Å². The minimum Gasteiger partial charge on any atom is -0.298 e. The van der Waals surface area contributed by atoms with E-state index in [-0.39, 0.29) is 0 Å². The molecule has 0 atom stereocenters. The van der Waals surface area contributed by atoms with Crippen LogP contribution in [0.2, 0.25) is 5.02 Å². The largest absolute Gasteiger partial charge is 0.298 e. The van der Waals surface area contributed by atoms with Crippen LogP contribution in [0.1, 0.15) is 10.4 Å². The maximum absolute atomic E-state index is 10.7. The Morgan fingerprint density at radius 2 is 1.70 bits per heavy atom. The summed E-state index contributed by atoms with van der Waals surface area (Å²) in [6.45, 7) is 0. The topological polar surface area (TPSA) is 17.1 Å². The number of carbonyl (C=O) groups is 1. The van der Waals surface area contributed by atoms with Crippen LogP contribution in [0.4, 0.5) is 0 Å². The normalized spacial score (nSPS) is 10.7. The predicted molar refractivity (Wildman–Crippen MR) is 84.9 cm³/mol. The van der Waals surface area contributed by atoms with Gasteiger partial charge in [-0.25, -0.2) is 0 Å². The first-order valence-electron chi connectivity index (χ1n) is 6.18. The molecule has 0 radical (unpaired) electrons. The fourth-order valence-electron chi connectivity index (χ4n) is 2.03. The summed E-state index contributed by atoms with van der Waals surface area (Å²) in [5.74, 6) is 0. The monoisotopic (exact) mass is 298 g/mol. The second-order valence-electron chi connectivity index (χ2n) is 4.42. The molecule has 3 heteroatoms. The molecule has 0 amide bonds. The van der Waals surface area contributed by atoms with E-state index in [0.29, 0.717) is 10.6 Å². The standard InChI is InChI=1S/C17H11ClOS/c18-16-9-12(11-19)5-8-17(16)20-15-7-6-13-3-1-2-4-14(13)10-15/h1-11H. The van der Waals surface area contributed by atoms with Gasteiger partial charge in [-0.2, -0.15) is 0 Å². The van der Waals surface area contributed by atoms with Crippen LogP contribution in [0.3, 0.4) is 0 Å². The third-order valence-corrected chi connectivity index (χ3v) is 4.53. The number of hydrogen-bond donors (Lipinski definition) is 0. The Morgan fingerprint density at radius 3 is 2.45 bits per heavy atom. The summed E-state index contributed by atoms with van der Waals surface area (Å²) in [5, 5.41) is 3.03. The van der Waals surface area contributed by atoms with Gasteiger partial charge in [0.15, 0.2) is 0 Å². The van der Waals surface area contributed by atoms with Gasteiger partial charge >= 0.3 is 0 Å². The highest BCUT2D eigenvalue weighted by molar-refractivity contribution is 7.99. The first-order chi connectivity index (χ1) is 9.76. The molecule has 0 aromatic heterocycles. The van der Waals surface area contributed by atoms with E-state index < -0.39 is 0 Å². The van der Waals surface area contributed by atoms with Gasteiger partial charge in [-0.15, -0.1) is 0 Å². The Kier molecular flexibility index (Phi) is 3.77. The first-order valence-corrected chi connectivity index (χ1v) is 7.37. The Morgan fingerprint density at radius 1 is 0.900 bits per heavy atom. The molecule has 0 fully saturated rings. The first kappa shape index (κ1) is 13.2. The zero-order chi connectivity index (χ0) is 13.9. The average Bonchev–Trinajstić information content (AvgIpc) is 2.49. The van der Waals surface area contributed by atoms with Crippen molar-refractivity contribution in [2.24, 2.45) is 0 Å². The van der Waals surface area contributed by atoms with E-state index in [1.54, 1.807) is 23.9 Å². The van der Waals surface area contributed by atoms with E-state index in [0.717, 1.165) is 16.1 Å². The van der Waals surface area contributed by atoms with Crippen LogP contribution < -0.4 is 0 Å². The maximum atomic E-state index is 10.7. The third-order valence-electron chi connectivity index (χ3n) is 3.04. The van der Waals surface area contributed by atoms with Gasteiger partial charge in [0.1, 0.15) is 6.29 Å². The van der Waals surface area contributed by atoms with Crippen molar-refractivity contribution in [2.45, 2.75) is 9.79 Å². The Labute approximate surface area is 126 Å². The highest BCUT2D eigenvalue weighted by atomic mass is 35.5. The molecule has 98 valence electrons. The number of fused-ring (bicyclic) bond motifs is 1. The summed E-state index contributed by atoms with van der Waals surface area (Å²) < 4.78 is 0. The quantitative estimate of drug-likeness (QED) is 0.597. The van der Waals surface area contributed by atoms with Gasteiger partial charge in [0.2, 0.25) is 0 Å². The molecule has 0 bridgehead atoms. The van der Waals surface area contributed by atoms with Gasteiger partial charge in [0.25, 0.3) is 0 Å². The summed E-state index contributed by atoms with van der Waals surface area (Å²) in [7, 11) is 0. The van der Waals surface area contributed by atoms with E-state index in [4.69, 9.17) is 11.6 Å². The van der Waals surface area contributed by atoms with Gasteiger partial charge in [-0.3, -0.25) is 4.79 Å². The van der Waals surface area contributed by atoms with Gasteiger partial charge in [0.05, 0.1) is 5.02 Å². The average molecular weight is 299 g/mol. The molecule has 3 rings (SSSR count). The highest BCUT2D eigenvalue weighted by Crippen LogP contribution is 2.34. The zero-order valence-corrected chi connectivity index (χ0v) is 12.1. The minimum absolute atomic E-state index is 0.595. The summed E-state index contributed by atoms with van der Waals surface area (Å²) in [6.07, 6.45) is 0.802. The molecule has 3 aromatic carbocycles. The van der Waals surface area contributed by atoms with E-state index in [2.05, 4.69) is 30.3 Å². The summed E-state index contributed by atoms with van der Waals surface area (Å²) >= 11 is 7.80. The lowest BCUT2D eigenvalue weighted by Crippen LogP contribution is -1.82. The van der Waals surface area contributed by atoms with E-state index >= 15 is 0 Å². The molecule has 0 aliphatic rings. The molecule has 3 aromatic rings. The third kappa shape index (κ3) is 2.72. The van der Waals surface area contributed by atoms with E-state index in [1.807, 2.05) is 18.2 Å². The lowest BCUT2D eigenvalue weighted by atomic mass is 10.1. The molecule has 0 aliphatic carbocycles. The molecule has 0 saturated heterocycles. The summed E-state index contributed by atoms with van der Waals surface area (Å²) in [5.41, 5.74) is 0.595. The van der Waals surface area contributed by atoms with Crippen molar-refractivity contribution in [3.63, 3.8) is 0 Å². The van der Waals surface area contributed by atoms with Crippen LogP contribution in [0.15, 0.2) is 70.5 Å². The van der Waals surface area contributed by atoms with Crippen LogP contribution in [-0.4, -0.2) is 6.29 Å². The number of aldehydes is 1. The van der Waals surface area contributed by atoms with Gasteiger partial charge in [0, 0.05) is 15.4 Å². The van der Waals surface area contributed by atoms with Crippen molar-refractivity contribution in [1.29, 1.82) is 0 Å². The van der Waals surface area contributed by atoms with Crippen molar-refractivity contribution in [2.75, 3.05) is 0 Å². The Hall–Kier alpha value is -1.77. The second kappa shape index (κ2) is 5.70. The summed E-state index contributed by atoms with van der Waals surface area (Å²) in [6, 6.07) is 19.9. The number of rotatable bonds is 3. The van der Waals surface area contributed by atoms with Crippen molar-refractivity contribution < 1.29 is 4.79 Å². The number of halogens is 1. The van der Waals surface area contributed by atoms with Crippen LogP contribution in [0.25, 0.3) is 10.8 Å².